The van der Waals surface area contributed by atoms with E-state index in [2.05, 4.69) is 5.32 Å². The van der Waals surface area contributed by atoms with Crippen molar-refractivity contribution >= 4 is 23.8 Å². The van der Waals surface area contributed by atoms with E-state index < -0.39 is 48.3 Å². The van der Waals surface area contributed by atoms with E-state index in [9.17, 15) is 23.6 Å². The van der Waals surface area contributed by atoms with Crippen LogP contribution in [0.15, 0.2) is 24.3 Å². The molecule has 0 bridgehead atoms. The average molecular weight is 394 g/mol. The Bertz CT molecular complexity index is 783. The number of carboxylic acids is 1. The van der Waals surface area contributed by atoms with Crippen LogP contribution in [0.3, 0.4) is 0 Å². The Morgan fingerprint density at radius 2 is 1.79 bits per heavy atom. The Morgan fingerprint density at radius 1 is 1.18 bits per heavy atom. The molecule has 1 aromatic carbocycles. The van der Waals surface area contributed by atoms with Gasteiger partial charge in [-0.1, -0.05) is 12.1 Å². The molecule has 1 atom stereocenters. The van der Waals surface area contributed by atoms with Crippen molar-refractivity contribution in [3.8, 4) is 0 Å². The Balaban J connectivity index is 2.16. The van der Waals surface area contributed by atoms with Crippen LogP contribution >= 0.6 is 0 Å². The van der Waals surface area contributed by atoms with Crippen LogP contribution in [-0.2, 0) is 19.9 Å². The molecule has 0 unspecified atom stereocenters. The molecule has 1 heterocycles. The number of nitrogens with one attached hydrogen (secondary N) is 1. The number of hydrogen-bond acceptors (Lipinski definition) is 5. The van der Waals surface area contributed by atoms with Gasteiger partial charge in [0.2, 0.25) is 5.91 Å². The van der Waals surface area contributed by atoms with Crippen LogP contribution in [0, 0.1) is 5.82 Å². The highest BCUT2D eigenvalue weighted by Crippen LogP contribution is 2.28. The van der Waals surface area contributed by atoms with E-state index in [1.54, 1.807) is 19.0 Å². The normalized spacial score (nSPS) is 19.1. The minimum atomic E-state index is -1.44. The molecule has 0 aliphatic carbocycles. The van der Waals surface area contributed by atoms with Crippen molar-refractivity contribution in [3.05, 3.63) is 35.6 Å². The fraction of sp³-hybridized carbons (Fsp3) is 0.444. The maximum absolute atomic E-state index is 13.2. The number of hydrogen-bond donors (Lipinski definition) is 2. The second kappa shape index (κ2) is 8.34. The quantitative estimate of drug-likeness (QED) is 0.604. The fourth-order valence-corrected chi connectivity index (χ4v) is 2.83. The largest absolute Gasteiger partial charge is 0.480 e. The molecule has 0 radical (unpaired) electrons. The molecule has 10 heteroatoms. The van der Waals surface area contributed by atoms with Crippen molar-refractivity contribution in [2.24, 2.45) is 0 Å². The van der Waals surface area contributed by atoms with Gasteiger partial charge in [-0.05, 0) is 38.7 Å². The predicted octanol–water partition coefficient (Wildman–Crippen LogP) is 0.0675. The third-order valence-electron chi connectivity index (χ3n) is 4.49. The number of imide groups is 1. The summed E-state index contributed by atoms with van der Waals surface area (Å²) in [6.45, 7) is 0.906. The predicted molar refractivity (Wildman–Crippen MR) is 96.8 cm³/mol. The molecule has 1 aromatic rings. The summed E-state index contributed by atoms with van der Waals surface area (Å²) in [5.41, 5.74) is -1.07. The average Bonchev–Trinajstić information content (AvgIpc) is 2.82. The summed E-state index contributed by atoms with van der Waals surface area (Å²) < 4.78 is 13.2. The Hall–Kier alpha value is -3.01. The first kappa shape index (κ1) is 21.3. The Kier molecular flexibility index (Phi) is 6.34. The molecule has 9 nitrogen and oxygen atoms in total. The van der Waals surface area contributed by atoms with E-state index in [1.807, 2.05) is 0 Å². The van der Waals surface area contributed by atoms with Gasteiger partial charge in [0.15, 0.2) is 0 Å². The van der Waals surface area contributed by atoms with E-state index in [4.69, 9.17) is 5.11 Å². The van der Waals surface area contributed by atoms with Crippen LogP contribution in [0.2, 0.25) is 0 Å². The zero-order valence-electron chi connectivity index (χ0n) is 15.9. The molecule has 28 heavy (non-hydrogen) atoms. The van der Waals surface area contributed by atoms with Crippen LogP contribution in [0.1, 0.15) is 12.5 Å². The summed E-state index contributed by atoms with van der Waals surface area (Å²) in [5.74, 6) is -3.00. The van der Waals surface area contributed by atoms with Crippen molar-refractivity contribution in [2.75, 3.05) is 40.3 Å². The number of carbonyl (C=O) groups is 4. The molecular formula is C18H23FN4O5. The number of likely N-dealkylation sites (N-methyl/N-ethyl adjacent to an activating group) is 1. The molecule has 1 fully saturated rings. The molecule has 4 amide bonds. The number of aliphatic carboxylic acids is 1. The van der Waals surface area contributed by atoms with Crippen LogP contribution in [0.4, 0.5) is 9.18 Å². The third kappa shape index (κ3) is 4.63. The first-order valence-electron chi connectivity index (χ1n) is 8.59. The van der Waals surface area contributed by atoms with Crippen molar-refractivity contribution in [1.29, 1.82) is 0 Å². The van der Waals surface area contributed by atoms with Crippen LogP contribution in [-0.4, -0.2) is 83.9 Å². The zero-order valence-corrected chi connectivity index (χ0v) is 15.9. The standard InChI is InChI=1S/C18H23FN4O5/c1-18(12-4-6-13(19)7-5-12)16(27)23(17(28)20-18)10-14(24)22(11-15(25)26)9-8-21(2)3/h4-7H,8-11H2,1-3H3,(H,20,28)(H,25,26)/t18-/m1/s1. The first-order chi connectivity index (χ1) is 13.0. The van der Waals surface area contributed by atoms with E-state index in [0.29, 0.717) is 12.1 Å². The maximum atomic E-state index is 13.2. The van der Waals surface area contributed by atoms with Crippen molar-refractivity contribution in [2.45, 2.75) is 12.5 Å². The highest BCUT2D eigenvalue weighted by Gasteiger charge is 2.49. The minimum Gasteiger partial charge on any atom is -0.480 e. The molecule has 1 aliphatic heterocycles. The summed E-state index contributed by atoms with van der Waals surface area (Å²) in [7, 11) is 3.55. The fourth-order valence-electron chi connectivity index (χ4n) is 2.83. The Labute approximate surface area is 161 Å². The zero-order chi connectivity index (χ0) is 21.1. The van der Waals surface area contributed by atoms with Crippen molar-refractivity contribution < 1.29 is 28.7 Å². The number of carboxylic acid groups (broad SMARTS) is 1. The lowest BCUT2D eigenvalue weighted by atomic mass is 9.92. The molecule has 1 saturated heterocycles. The molecule has 2 rings (SSSR count). The molecular weight excluding hydrogens is 371 g/mol. The number of benzene rings is 1. The lowest BCUT2D eigenvalue weighted by Gasteiger charge is -2.25. The van der Waals surface area contributed by atoms with Gasteiger partial charge in [-0.3, -0.25) is 19.3 Å². The molecule has 0 spiro atoms. The summed E-state index contributed by atoms with van der Waals surface area (Å²) in [6.07, 6.45) is 0. The van der Waals surface area contributed by atoms with Gasteiger partial charge < -0.3 is 20.2 Å². The second-order valence-corrected chi connectivity index (χ2v) is 6.97. The lowest BCUT2D eigenvalue weighted by molar-refractivity contribution is -0.145. The molecule has 2 N–H and O–H groups in total. The number of carbonyl (C=O) groups excluding carboxylic acids is 3. The third-order valence-corrected chi connectivity index (χ3v) is 4.49. The summed E-state index contributed by atoms with van der Waals surface area (Å²) in [6, 6.07) is 4.33. The number of halogens is 1. The van der Waals surface area contributed by atoms with E-state index in [-0.39, 0.29) is 6.54 Å². The maximum Gasteiger partial charge on any atom is 0.325 e. The van der Waals surface area contributed by atoms with Crippen molar-refractivity contribution in [3.63, 3.8) is 0 Å². The molecule has 152 valence electrons. The molecule has 0 aromatic heterocycles. The highest BCUT2D eigenvalue weighted by atomic mass is 19.1. The van der Waals surface area contributed by atoms with Gasteiger partial charge in [0.1, 0.15) is 24.4 Å². The number of rotatable bonds is 8. The van der Waals surface area contributed by atoms with Crippen LogP contribution in [0.5, 0.6) is 0 Å². The first-order valence-corrected chi connectivity index (χ1v) is 8.59. The van der Waals surface area contributed by atoms with Gasteiger partial charge in [-0.15, -0.1) is 0 Å². The Morgan fingerprint density at radius 3 is 2.32 bits per heavy atom. The summed E-state index contributed by atoms with van der Waals surface area (Å²) >= 11 is 0. The van der Waals surface area contributed by atoms with Gasteiger partial charge in [0, 0.05) is 13.1 Å². The van der Waals surface area contributed by atoms with Gasteiger partial charge in [0.05, 0.1) is 0 Å². The van der Waals surface area contributed by atoms with Crippen LogP contribution < -0.4 is 5.32 Å². The summed E-state index contributed by atoms with van der Waals surface area (Å²) in [4.78, 5) is 52.3. The second-order valence-electron chi connectivity index (χ2n) is 6.97. The number of amides is 4. The van der Waals surface area contributed by atoms with Gasteiger partial charge in [0.25, 0.3) is 5.91 Å². The topological polar surface area (TPSA) is 110 Å². The monoisotopic (exact) mass is 394 g/mol. The minimum absolute atomic E-state index is 0.136. The molecule has 1 aliphatic rings. The summed E-state index contributed by atoms with van der Waals surface area (Å²) in [5, 5.41) is 11.5. The number of nitrogens with zero attached hydrogens (tertiary/aromatic N) is 3. The molecule has 0 saturated carbocycles. The van der Waals surface area contributed by atoms with Gasteiger partial charge in [-0.25, -0.2) is 9.18 Å². The number of urea groups is 1. The lowest BCUT2D eigenvalue weighted by Crippen LogP contribution is -2.47. The smallest absolute Gasteiger partial charge is 0.325 e. The van der Waals surface area contributed by atoms with E-state index >= 15 is 0 Å². The van der Waals surface area contributed by atoms with Gasteiger partial charge >= 0.3 is 12.0 Å². The SMILES string of the molecule is CN(C)CCN(CC(=O)O)C(=O)CN1C(=O)N[C@](C)(c2ccc(F)cc2)C1=O. The van der Waals surface area contributed by atoms with Crippen molar-refractivity contribution in [1.82, 2.24) is 20.0 Å². The highest BCUT2D eigenvalue weighted by molar-refractivity contribution is 6.09. The van der Waals surface area contributed by atoms with Gasteiger partial charge in [-0.2, -0.15) is 0 Å². The van der Waals surface area contributed by atoms with E-state index in [0.717, 1.165) is 9.80 Å². The van der Waals surface area contributed by atoms with E-state index in [1.165, 1.54) is 31.2 Å². The van der Waals surface area contributed by atoms with Crippen LogP contribution in [0.25, 0.3) is 0 Å².